The van der Waals surface area contributed by atoms with Crippen LogP contribution in [0.3, 0.4) is 0 Å². The van der Waals surface area contributed by atoms with Crippen molar-refractivity contribution >= 4 is 28.1 Å². The lowest BCUT2D eigenvalue weighted by molar-refractivity contribution is 0.341. The van der Waals surface area contributed by atoms with Gasteiger partial charge in [-0.15, -0.1) is 11.3 Å². The van der Waals surface area contributed by atoms with Crippen LogP contribution >= 0.6 is 11.3 Å². The number of aromatic nitrogens is 3. The summed E-state index contributed by atoms with van der Waals surface area (Å²) in [6.07, 6.45) is 1.48. The molecular weight excluding hydrogens is 429 g/mol. The van der Waals surface area contributed by atoms with E-state index in [4.69, 9.17) is 9.47 Å². The highest BCUT2D eigenvalue weighted by Gasteiger charge is 2.15. The molecule has 7 nitrogen and oxygen atoms in total. The summed E-state index contributed by atoms with van der Waals surface area (Å²) < 4.78 is 27.4. The first-order valence-electron chi connectivity index (χ1n) is 10.1. The lowest BCUT2D eigenvalue weighted by Gasteiger charge is -2.11. The second-order valence-corrected chi connectivity index (χ2v) is 8.07. The number of nitriles is 1. The molecule has 0 aliphatic rings. The zero-order valence-electron chi connectivity index (χ0n) is 18.0. The molecule has 164 valence electrons. The molecule has 4 aromatic rings. The van der Waals surface area contributed by atoms with Gasteiger partial charge in [0.15, 0.2) is 0 Å². The van der Waals surface area contributed by atoms with Gasteiger partial charge < -0.3 is 19.4 Å². The maximum absolute atomic E-state index is 14.5. The van der Waals surface area contributed by atoms with Crippen LogP contribution in [0.1, 0.15) is 17.5 Å². The van der Waals surface area contributed by atoms with Crippen molar-refractivity contribution in [2.45, 2.75) is 20.4 Å². The van der Waals surface area contributed by atoms with Crippen LogP contribution in [-0.4, -0.2) is 34.8 Å². The summed E-state index contributed by atoms with van der Waals surface area (Å²) in [5, 5.41) is 13.3. The predicted octanol–water partition coefficient (Wildman–Crippen LogP) is 5.00. The van der Waals surface area contributed by atoms with E-state index in [9.17, 15) is 9.65 Å². The fourth-order valence-corrected chi connectivity index (χ4v) is 4.50. The van der Waals surface area contributed by atoms with Gasteiger partial charge in [-0.3, -0.25) is 0 Å². The summed E-state index contributed by atoms with van der Waals surface area (Å²) in [6, 6.07) is 10.8. The molecule has 32 heavy (non-hydrogen) atoms. The van der Waals surface area contributed by atoms with E-state index >= 15 is 0 Å². The highest BCUT2D eigenvalue weighted by Crippen LogP contribution is 2.35. The van der Waals surface area contributed by atoms with Crippen molar-refractivity contribution in [2.75, 3.05) is 25.6 Å². The van der Waals surface area contributed by atoms with Crippen molar-refractivity contribution in [1.29, 1.82) is 5.26 Å². The summed E-state index contributed by atoms with van der Waals surface area (Å²) in [6.45, 7) is 5.39. The van der Waals surface area contributed by atoms with Gasteiger partial charge >= 0.3 is 0 Å². The quantitative estimate of drug-likeness (QED) is 0.406. The second-order valence-electron chi connectivity index (χ2n) is 7.01. The smallest absolute Gasteiger partial charge is 0.148 e. The highest BCUT2D eigenvalue weighted by atomic mass is 32.1. The Kier molecular flexibility index (Phi) is 6.23. The fourth-order valence-electron chi connectivity index (χ4n) is 3.63. The summed E-state index contributed by atoms with van der Waals surface area (Å²) in [5.41, 5.74) is 2.17. The van der Waals surface area contributed by atoms with Crippen LogP contribution in [0, 0.1) is 24.1 Å². The van der Waals surface area contributed by atoms with E-state index in [0.29, 0.717) is 53.1 Å². The third-order valence-electron chi connectivity index (χ3n) is 5.06. The number of anilines is 1. The van der Waals surface area contributed by atoms with Crippen molar-refractivity contribution in [1.82, 2.24) is 14.5 Å². The van der Waals surface area contributed by atoms with Crippen LogP contribution in [0.15, 0.2) is 36.7 Å². The molecule has 3 aromatic heterocycles. The van der Waals surface area contributed by atoms with E-state index in [-0.39, 0.29) is 5.82 Å². The minimum absolute atomic E-state index is 0.283. The topological polar surface area (TPSA) is 85.0 Å². The average molecular weight is 452 g/mol. The lowest BCUT2D eigenvalue weighted by Crippen LogP contribution is -2.12. The van der Waals surface area contributed by atoms with Crippen LogP contribution in [0.25, 0.3) is 21.5 Å². The molecule has 0 amide bonds. The monoisotopic (exact) mass is 451 g/mol. The molecule has 0 bridgehead atoms. The molecule has 0 fully saturated rings. The molecular formula is C23H22FN5O2S. The van der Waals surface area contributed by atoms with E-state index in [2.05, 4.69) is 21.4 Å². The summed E-state index contributed by atoms with van der Waals surface area (Å²) in [5.74, 6) is 1.58. The third kappa shape index (κ3) is 4.09. The second kappa shape index (κ2) is 9.24. The van der Waals surface area contributed by atoms with Gasteiger partial charge in [-0.25, -0.2) is 14.4 Å². The predicted molar refractivity (Wildman–Crippen MR) is 123 cm³/mol. The number of rotatable bonds is 8. The number of nitrogens with one attached hydrogen (secondary N) is 1. The first kappa shape index (κ1) is 21.6. The van der Waals surface area contributed by atoms with Crippen molar-refractivity contribution in [2.24, 2.45) is 0 Å². The van der Waals surface area contributed by atoms with Gasteiger partial charge in [0.25, 0.3) is 0 Å². The minimum Gasteiger partial charge on any atom is -0.496 e. The molecule has 0 saturated heterocycles. The number of hydrogen-bond acceptors (Lipinski definition) is 7. The molecule has 0 spiro atoms. The molecule has 1 N–H and O–H groups in total. The number of benzene rings is 1. The summed E-state index contributed by atoms with van der Waals surface area (Å²) in [7, 11) is 1.58. The van der Waals surface area contributed by atoms with Gasteiger partial charge in [0.2, 0.25) is 0 Å². The standard InChI is InChI=1S/C23H22FN5O2S/c1-4-31-19-11-20(32-21(19)12-25)17-10-22(28-13-27-17)26-7-8-29-14(2)9-15-18(30-3)6-5-16(24)23(15)29/h5-6,9-11,13H,4,7-8H2,1-3H3,(H,26,27,28). The number of methoxy groups -OCH3 is 1. The molecule has 3 heterocycles. The molecule has 4 rings (SSSR count). The number of thiophene rings is 1. The van der Waals surface area contributed by atoms with Crippen molar-refractivity contribution in [3.05, 3.63) is 53.0 Å². The Morgan fingerprint density at radius 3 is 2.81 bits per heavy atom. The van der Waals surface area contributed by atoms with Gasteiger partial charge in [-0.05, 0) is 32.0 Å². The van der Waals surface area contributed by atoms with E-state index in [1.165, 1.54) is 23.7 Å². The zero-order valence-corrected chi connectivity index (χ0v) is 18.8. The Hall–Kier alpha value is -3.64. The molecule has 9 heteroatoms. The number of halogens is 1. The Labute approximate surface area is 189 Å². The first-order chi connectivity index (χ1) is 15.5. The lowest BCUT2D eigenvalue weighted by atomic mass is 10.2. The molecule has 0 saturated carbocycles. The molecule has 0 atom stereocenters. The average Bonchev–Trinajstić information content (AvgIpc) is 3.36. The van der Waals surface area contributed by atoms with Gasteiger partial charge in [0, 0.05) is 36.3 Å². The molecule has 1 aromatic carbocycles. The van der Waals surface area contributed by atoms with E-state index < -0.39 is 0 Å². The summed E-state index contributed by atoms with van der Waals surface area (Å²) in [4.78, 5) is 9.96. The minimum atomic E-state index is -0.283. The molecule has 0 aliphatic carbocycles. The SMILES string of the molecule is CCOc1cc(-c2cc(NCCn3c(C)cc4c(OC)ccc(F)c43)ncn2)sc1C#N. The third-order valence-corrected chi connectivity index (χ3v) is 6.10. The van der Waals surface area contributed by atoms with Crippen LogP contribution in [0.5, 0.6) is 11.5 Å². The normalized spacial score (nSPS) is 10.8. The van der Waals surface area contributed by atoms with Crippen molar-refractivity contribution < 1.29 is 13.9 Å². The maximum atomic E-state index is 14.5. The summed E-state index contributed by atoms with van der Waals surface area (Å²) >= 11 is 1.33. The Morgan fingerprint density at radius 2 is 2.06 bits per heavy atom. The van der Waals surface area contributed by atoms with Crippen LogP contribution < -0.4 is 14.8 Å². The van der Waals surface area contributed by atoms with Gasteiger partial charge in [-0.2, -0.15) is 5.26 Å². The number of fused-ring (bicyclic) bond motifs is 1. The molecule has 0 radical (unpaired) electrons. The Balaban J connectivity index is 1.52. The number of hydrogen-bond donors (Lipinski definition) is 1. The number of ether oxygens (including phenoxy) is 2. The highest BCUT2D eigenvalue weighted by molar-refractivity contribution is 7.16. The fraction of sp³-hybridized carbons (Fsp3) is 0.261. The molecule has 0 aliphatic heterocycles. The zero-order chi connectivity index (χ0) is 22.7. The Bertz CT molecular complexity index is 1310. The number of nitrogens with zero attached hydrogens (tertiary/aromatic N) is 4. The first-order valence-corrected chi connectivity index (χ1v) is 10.9. The van der Waals surface area contributed by atoms with E-state index in [1.54, 1.807) is 13.2 Å². The van der Waals surface area contributed by atoms with Crippen LogP contribution in [-0.2, 0) is 6.54 Å². The van der Waals surface area contributed by atoms with Crippen molar-refractivity contribution in [3.8, 4) is 28.1 Å². The van der Waals surface area contributed by atoms with Gasteiger partial charge in [0.05, 0.1) is 29.8 Å². The van der Waals surface area contributed by atoms with Crippen LogP contribution in [0.2, 0.25) is 0 Å². The Morgan fingerprint density at radius 1 is 1.22 bits per heavy atom. The van der Waals surface area contributed by atoms with Crippen molar-refractivity contribution in [3.63, 3.8) is 0 Å². The van der Waals surface area contributed by atoms with Gasteiger partial charge in [-0.1, -0.05) is 0 Å². The van der Waals surface area contributed by atoms with Gasteiger partial charge in [0.1, 0.15) is 40.4 Å². The largest absolute Gasteiger partial charge is 0.496 e. The molecule has 0 unspecified atom stereocenters. The maximum Gasteiger partial charge on any atom is 0.148 e. The van der Waals surface area contributed by atoms with E-state index in [0.717, 1.165) is 16.0 Å². The van der Waals surface area contributed by atoms with E-state index in [1.807, 2.05) is 36.6 Å². The van der Waals surface area contributed by atoms with Crippen LogP contribution in [0.4, 0.5) is 10.2 Å². The number of aryl methyl sites for hydroxylation is 1.